The van der Waals surface area contributed by atoms with Crippen molar-refractivity contribution >= 4 is 33.0 Å². The first-order valence-electron chi connectivity index (χ1n) is 6.34. The van der Waals surface area contributed by atoms with Crippen LogP contribution in [0.5, 0.6) is 0 Å². The predicted octanol–water partition coefficient (Wildman–Crippen LogP) is 5.11. The lowest BCUT2D eigenvalue weighted by Crippen LogP contribution is -2.00. The highest BCUT2D eigenvalue weighted by atomic mass is 35.5. The molecule has 0 saturated carbocycles. The molecule has 1 nitrogen and oxygen atoms in total. The van der Waals surface area contributed by atoms with E-state index in [2.05, 4.69) is 0 Å². The Balaban J connectivity index is 1.89. The van der Waals surface area contributed by atoms with E-state index in [-0.39, 0.29) is 18.1 Å². The fourth-order valence-electron chi connectivity index (χ4n) is 2.21. The normalized spacial score (nSPS) is 12.8. The van der Waals surface area contributed by atoms with E-state index in [0.717, 1.165) is 10.1 Å². The Hall–Kier alpha value is -1.49. The van der Waals surface area contributed by atoms with Crippen LogP contribution in [0.25, 0.3) is 10.1 Å². The standard InChI is InChI=1S/C16H11ClF2OS/c17-13-3-1-11(18)5-9(13)7-14(20)16-8-10-6-12(19)2-4-15(10)21-16/h1-6,8,14,20H,7H2. The zero-order chi connectivity index (χ0) is 15.0. The van der Waals surface area contributed by atoms with Gasteiger partial charge >= 0.3 is 0 Å². The van der Waals surface area contributed by atoms with Crippen LogP contribution >= 0.6 is 22.9 Å². The van der Waals surface area contributed by atoms with Crippen LogP contribution in [0.1, 0.15) is 16.5 Å². The topological polar surface area (TPSA) is 20.2 Å². The molecule has 1 N–H and O–H groups in total. The Morgan fingerprint density at radius 3 is 2.57 bits per heavy atom. The monoisotopic (exact) mass is 324 g/mol. The molecule has 0 aliphatic heterocycles. The smallest absolute Gasteiger partial charge is 0.123 e. The van der Waals surface area contributed by atoms with Gasteiger partial charge in [0.1, 0.15) is 11.6 Å². The molecule has 0 amide bonds. The minimum absolute atomic E-state index is 0.214. The zero-order valence-corrected chi connectivity index (χ0v) is 12.4. The molecule has 0 aliphatic carbocycles. The molecule has 1 unspecified atom stereocenters. The predicted molar refractivity (Wildman–Crippen MR) is 81.9 cm³/mol. The number of aliphatic hydroxyl groups is 1. The maximum atomic E-state index is 13.2. The Morgan fingerprint density at radius 2 is 1.76 bits per heavy atom. The van der Waals surface area contributed by atoms with Crippen LogP contribution in [0.4, 0.5) is 8.78 Å². The van der Waals surface area contributed by atoms with Gasteiger partial charge in [-0.1, -0.05) is 11.6 Å². The lowest BCUT2D eigenvalue weighted by atomic mass is 10.1. The number of aliphatic hydroxyl groups excluding tert-OH is 1. The van der Waals surface area contributed by atoms with Gasteiger partial charge in [-0.25, -0.2) is 8.78 Å². The Labute approximate surface area is 129 Å². The number of hydrogen-bond acceptors (Lipinski definition) is 2. The summed E-state index contributed by atoms with van der Waals surface area (Å²) in [6.07, 6.45) is -0.587. The molecule has 3 rings (SSSR count). The summed E-state index contributed by atoms with van der Waals surface area (Å²) in [7, 11) is 0. The molecule has 1 atom stereocenters. The maximum absolute atomic E-state index is 13.2. The summed E-state index contributed by atoms with van der Waals surface area (Å²) in [6, 6.07) is 10.3. The molecule has 2 aromatic carbocycles. The van der Waals surface area contributed by atoms with Crippen LogP contribution < -0.4 is 0 Å². The second-order valence-electron chi connectivity index (χ2n) is 4.79. The minimum Gasteiger partial charge on any atom is -0.387 e. The minimum atomic E-state index is -0.801. The maximum Gasteiger partial charge on any atom is 0.123 e. The molecule has 5 heteroatoms. The van der Waals surface area contributed by atoms with E-state index >= 15 is 0 Å². The molecule has 21 heavy (non-hydrogen) atoms. The summed E-state index contributed by atoms with van der Waals surface area (Å²) < 4.78 is 27.3. The van der Waals surface area contributed by atoms with Crippen LogP contribution in [0.3, 0.4) is 0 Å². The van der Waals surface area contributed by atoms with Crippen molar-refractivity contribution in [2.24, 2.45) is 0 Å². The van der Waals surface area contributed by atoms with Crippen molar-refractivity contribution in [1.82, 2.24) is 0 Å². The second kappa shape index (κ2) is 5.72. The van der Waals surface area contributed by atoms with Crippen molar-refractivity contribution in [3.05, 3.63) is 69.6 Å². The first kappa shape index (κ1) is 14.4. The van der Waals surface area contributed by atoms with Gasteiger partial charge in [0.15, 0.2) is 0 Å². The van der Waals surface area contributed by atoms with Gasteiger partial charge in [-0.2, -0.15) is 0 Å². The molecule has 0 spiro atoms. The van der Waals surface area contributed by atoms with Crippen molar-refractivity contribution in [1.29, 1.82) is 0 Å². The fourth-order valence-corrected chi connectivity index (χ4v) is 3.43. The molecule has 0 aliphatic rings. The van der Waals surface area contributed by atoms with Gasteiger partial charge in [-0.3, -0.25) is 0 Å². The third kappa shape index (κ3) is 3.07. The third-order valence-electron chi connectivity index (χ3n) is 3.25. The Bertz CT molecular complexity index is 800. The highest BCUT2D eigenvalue weighted by molar-refractivity contribution is 7.19. The molecule has 0 fully saturated rings. The summed E-state index contributed by atoms with van der Waals surface area (Å²) in [4.78, 5) is 0.705. The number of fused-ring (bicyclic) bond motifs is 1. The van der Waals surface area contributed by atoms with Gasteiger partial charge in [0, 0.05) is 21.0 Å². The number of benzene rings is 2. The van der Waals surface area contributed by atoms with Gasteiger partial charge in [-0.05, 0) is 53.4 Å². The van der Waals surface area contributed by atoms with Crippen LogP contribution in [-0.4, -0.2) is 5.11 Å². The molecular formula is C16H11ClF2OS. The van der Waals surface area contributed by atoms with Gasteiger partial charge < -0.3 is 5.11 Å². The number of rotatable bonds is 3. The van der Waals surface area contributed by atoms with Crippen LogP contribution in [0.15, 0.2) is 42.5 Å². The first-order valence-corrected chi connectivity index (χ1v) is 7.53. The van der Waals surface area contributed by atoms with Crippen LogP contribution in [-0.2, 0) is 6.42 Å². The molecule has 3 aromatic rings. The first-order chi connectivity index (χ1) is 10.0. The number of thiophene rings is 1. The molecule has 1 heterocycles. The Morgan fingerprint density at radius 1 is 1.05 bits per heavy atom. The number of hydrogen-bond donors (Lipinski definition) is 1. The second-order valence-corrected chi connectivity index (χ2v) is 6.31. The average Bonchev–Trinajstić information content (AvgIpc) is 2.86. The van der Waals surface area contributed by atoms with Gasteiger partial charge in [-0.15, -0.1) is 11.3 Å². The lowest BCUT2D eigenvalue weighted by molar-refractivity contribution is 0.182. The van der Waals surface area contributed by atoms with Crippen LogP contribution in [0, 0.1) is 11.6 Å². The van der Waals surface area contributed by atoms with Gasteiger partial charge in [0.25, 0.3) is 0 Å². The summed E-state index contributed by atoms with van der Waals surface area (Å²) in [5.41, 5.74) is 0.549. The largest absolute Gasteiger partial charge is 0.387 e. The highest BCUT2D eigenvalue weighted by Gasteiger charge is 2.15. The molecular weight excluding hydrogens is 314 g/mol. The fraction of sp³-hybridized carbons (Fsp3) is 0.125. The van der Waals surface area contributed by atoms with E-state index in [1.54, 1.807) is 12.1 Å². The summed E-state index contributed by atoms with van der Waals surface area (Å²) in [5, 5.41) is 11.5. The quantitative estimate of drug-likeness (QED) is 0.710. The van der Waals surface area contributed by atoms with Crippen molar-refractivity contribution < 1.29 is 13.9 Å². The van der Waals surface area contributed by atoms with Crippen molar-refractivity contribution in [2.45, 2.75) is 12.5 Å². The van der Waals surface area contributed by atoms with Crippen molar-refractivity contribution in [2.75, 3.05) is 0 Å². The summed E-state index contributed by atoms with van der Waals surface area (Å²) in [5.74, 6) is -0.700. The Kier molecular flexibility index (Phi) is 3.93. The molecule has 0 radical (unpaired) electrons. The molecule has 0 saturated heterocycles. The van der Waals surface area contributed by atoms with Gasteiger partial charge in [0.05, 0.1) is 6.10 Å². The SMILES string of the molecule is OC(Cc1cc(F)ccc1Cl)c1cc2cc(F)ccc2s1. The average molecular weight is 325 g/mol. The molecule has 0 bridgehead atoms. The van der Waals surface area contributed by atoms with E-state index in [4.69, 9.17) is 11.6 Å². The van der Waals surface area contributed by atoms with Gasteiger partial charge in [0.2, 0.25) is 0 Å². The van der Waals surface area contributed by atoms with E-state index in [0.29, 0.717) is 15.5 Å². The molecule has 108 valence electrons. The van der Waals surface area contributed by atoms with E-state index in [9.17, 15) is 13.9 Å². The summed E-state index contributed by atoms with van der Waals surface area (Å²) >= 11 is 7.39. The van der Waals surface area contributed by atoms with E-state index in [1.807, 2.05) is 0 Å². The molecule has 1 aromatic heterocycles. The van der Waals surface area contributed by atoms with Crippen molar-refractivity contribution in [3.63, 3.8) is 0 Å². The third-order valence-corrected chi connectivity index (χ3v) is 4.83. The zero-order valence-electron chi connectivity index (χ0n) is 10.8. The van der Waals surface area contributed by atoms with E-state index in [1.165, 1.54) is 41.7 Å². The van der Waals surface area contributed by atoms with E-state index < -0.39 is 6.10 Å². The van der Waals surface area contributed by atoms with Crippen LogP contribution in [0.2, 0.25) is 5.02 Å². The number of halogens is 3. The van der Waals surface area contributed by atoms with Crippen molar-refractivity contribution in [3.8, 4) is 0 Å². The summed E-state index contributed by atoms with van der Waals surface area (Å²) in [6.45, 7) is 0. The lowest BCUT2D eigenvalue weighted by Gasteiger charge is -2.10. The highest BCUT2D eigenvalue weighted by Crippen LogP contribution is 2.33.